The van der Waals surface area contributed by atoms with E-state index >= 15 is 0 Å². The molecule has 100 valence electrons. The minimum Gasteiger partial charge on any atom is -0.389 e. The smallest absolute Gasteiger partial charge is 0.146 e. The molecule has 0 aliphatic heterocycles. The third-order valence-electron chi connectivity index (χ3n) is 3.45. The summed E-state index contributed by atoms with van der Waals surface area (Å²) in [6.07, 6.45) is 2.85. The van der Waals surface area contributed by atoms with Gasteiger partial charge in [-0.25, -0.2) is 4.39 Å². The van der Waals surface area contributed by atoms with Crippen molar-refractivity contribution in [2.75, 3.05) is 18.0 Å². The summed E-state index contributed by atoms with van der Waals surface area (Å²) in [5.41, 5.74) is 1.30. The molecule has 1 aliphatic rings. The first-order valence-electron chi connectivity index (χ1n) is 6.85. The molecule has 1 fully saturated rings. The molecule has 1 saturated carbocycles. The fourth-order valence-electron chi connectivity index (χ4n) is 2.38. The summed E-state index contributed by atoms with van der Waals surface area (Å²) in [6, 6.07) is 4.97. The lowest BCUT2D eigenvalue weighted by Gasteiger charge is -2.28. The molecule has 0 amide bonds. The van der Waals surface area contributed by atoms with Gasteiger partial charge in [0.2, 0.25) is 0 Å². The number of hydrogen-bond donors (Lipinski definition) is 1. The van der Waals surface area contributed by atoms with Gasteiger partial charge in [0, 0.05) is 18.7 Å². The molecule has 1 N–H and O–H groups in total. The average Bonchev–Trinajstić information content (AvgIpc) is 3.12. The SMILES string of the molecule is CCCN(CC1CC1)c1c(F)cccc1[C@H](C)O. The zero-order valence-electron chi connectivity index (χ0n) is 11.2. The van der Waals surface area contributed by atoms with E-state index < -0.39 is 6.10 Å². The summed E-state index contributed by atoms with van der Waals surface area (Å²) < 4.78 is 14.1. The van der Waals surface area contributed by atoms with E-state index in [1.807, 2.05) is 6.07 Å². The van der Waals surface area contributed by atoms with E-state index in [0.717, 1.165) is 19.5 Å². The van der Waals surface area contributed by atoms with E-state index in [2.05, 4.69) is 11.8 Å². The van der Waals surface area contributed by atoms with Crippen LogP contribution in [0.15, 0.2) is 18.2 Å². The number of hydrogen-bond acceptors (Lipinski definition) is 2. The Labute approximate surface area is 108 Å². The van der Waals surface area contributed by atoms with Crippen molar-refractivity contribution >= 4 is 5.69 Å². The molecule has 0 spiro atoms. The number of para-hydroxylation sites is 1. The largest absolute Gasteiger partial charge is 0.389 e. The van der Waals surface area contributed by atoms with Crippen LogP contribution in [0.2, 0.25) is 0 Å². The molecule has 1 aromatic rings. The van der Waals surface area contributed by atoms with E-state index in [0.29, 0.717) is 17.2 Å². The Bertz CT molecular complexity index is 401. The van der Waals surface area contributed by atoms with Gasteiger partial charge in [-0.15, -0.1) is 0 Å². The van der Waals surface area contributed by atoms with Crippen LogP contribution in [-0.2, 0) is 0 Å². The molecule has 1 atom stereocenters. The van der Waals surface area contributed by atoms with Crippen molar-refractivity contribution in [3.05, 3.63) is 29.6 Å². The minimum absolute atomic E-state index is 0.220. The highest BCUT2D eigenvalue weighted by Gasteiger charge is 2.27. The molecule has 0 unspecified atom stereocenters. The number of rotatable bonds is 6. The summed E-state index contributed by atoms with van der Waals surface area (Å²) >= 11 is 0. The Morgan fingerprint density at radius 3 is 2.72 bits per heavy atom. The summed E-state index contributed by atoms with van der Waals surface area (Å²) in [7, 11) is 0. The maximum Gasteiger partial charge on any atom is 0.146 e. The van der Waals surface area contributed by atoms with Crippen LogP contribution in [0, 0.1) is 11.7 Å². The van der Waals surface area contributed by atoms with Gasteiger partial charge in [-0.1, -0.05) is 19.1 Å². The molecule has 18 heavy (non-hydrogen) atoms. The van der Waals surface area contributed by atoms with Gasteiger partial charge in [0.25, 0.3) is 0 Å². The Hall–Kier alpha value is -1.09. The summed E-state index contributed by atoms with van der Waals surface area (Å²) in [5.74, 6) is 0.487. The van der Waals surface area contributed by atoms with Gasteiger partial charge in [0.1, 0.15) is 5.82 Å². The summed E-state index contributed by atoms with van der Waals surface area (Å²) in [4.78, 5) is 2.11. The lowest BCUT2D eigenvalue weighted by atomic mass is 10.1. The van der Waals surface area contributed by atoms with Crippen molar-refractivity contribution in [1.82, 2.24) is 0 Å². The molecule has 0 aromatic heterocycles. The fourth-order valence-corrected chi connectivity index (χ4v) is 2.38. The second kappa shape index (κ2) is 5.70. The first-order valence-corrected chi connectivity index (χ1v) is 6.85. The Morgan fingerprint density at radius 2 is 2.17 bits per heavy atom. The molecule has 0 radical (unpaired) electrons. The van der Waals surface area contributed by atoms with E-state index in [-0.39, 0.29) is 5.82 Å². The molecule has 2 nitrogen and oxygen atoms in total. The van der Waals surface area contributed by atoms with Crippen LogP contribution in [0.4, 0.5) is 10.1 Å². The topological polar surface area (TPSA) is 23.5 Å². The molecule has 3 heteroatoms. The van der Waals surface area contributed by atoms with E-state index in [1.54, 1.807) is 13.0 Å². The van der Waals surface area contributed by atoms with Crippen molar-refractivity contribution < 1.29 is 9.50 Å². The van der Waals surface area contributed by atoms with Gasteiger partial charge in [-0.2, -0.15) is 0 Å². The number of aliphatic hydroxyl groups is 1. The Balaban J connectivity index is 2.31. The van der Waals surface area contributed by atoms with E-state index in [4.69, 9.17) is 0 Å². The zero-order chi connectivity index (χ0) is 13.1. The number of nitrogens with zero attached hydrogens (tertiary/aromatic N) is 1. The molecule has 2 rings (SSSR count). The van der Waals surface area contributed by atoms with Crippen molar-refractivity contribution in [3.63, 3.8) is 0 Å². The minimum atomic E-state index is -0.630. The summed E-state index contributed by atoms with van der Waals surface area (Å²) in [5, 5.41) is 9.80. The standard InChI is InChI=1S/C15H22FNO/c1-3-9-17(10-12-7-8-12)15-13(11(2)18)5-4-6-14(15)16/h4-6,11-12,18H,3,7-10H2,1-2H3/t11-/m0/s1. The molecular formula is C15H22FNO. The highest BCUT2D eigenvalue weighted by molar-refractivity contribution is 5.56. The normalized spacial score (nSPS) is 16.7. The average molecular weight is 251 g/mol. The van der Waals surface area contributed by atoms with E-state index in [1.165, 1.54) is 18.9 Å². The molecule has 0 heterocycles. The number of aliphatic hydroxyl groups excluding tert-OH is 1. The lowest BCUT2D eigenvalue weighted by molar-refractivity contribution is 0.199. The third kappa shape index (κ3) is 3.02. The van der Waals surface area contributed by atoms with Crippen LogP contribution in [0.1, 0.15) is 44.8 Å². The molecule has 1 aliphatic carbocycles. The monoisotopic (exact) mass is 251 g/mol. The number of anilines is 1. The maximum absolute atomic E-state index is 14.1. The second-order valence-corrected chi connectivity index (χ2v) is 5.24. The van der Waals surface area contributed by atoms with Crippen LogP contribution in [-0.4, -0.2) is 18.2 Å². The van der Waals surface area contributed by atoms with Crippen molar-refractivity contribution in [2.24, 2.45) is 5.92 Å². The zero-order valence-corrected chi connectivity index (χ0v) is 11.2. The van der Waals surface area contributed by atoms with Crippen LogP contribution >= 0.6 is 0 Å². The molecule has 0 bridgehead atoms. The Kier molecular flexibility index (Phi) is 4.23. The van der Waals surface area contributed by atoms with Gasteiger partial charge >= 0.3 is 0 Å². The summed E-state index contributed by atoms with van der Waals surface area (Å²) in [6.45, 7) is 5.55. The van der Waals surface area contributed by atoms with Crippen molar-refractivity contribution in [1.29, 1.82) is 0 Å². The van der Waals surface area contributed by atoms with E-state index in [9.17, 15) is 9.50 Å². The van der Waals surface area contributed by atoms with Crippen molar-refractivity contribution in [2.45, 2.75) is 39.2 Å². The lowest BCUT2D eigenvalue weighted by Crippen LogP contribution is -2.28. The van der Waals surface area contributed by atoms with Gasteiger partial charge in [0.15, 0.2) is 0 Å². The van der Waals surface area contributed by atoms with Gasteiger partial charge in [-0.3, -0.25) is 0 Å². The van der Waals surface area contributed by atoms with Gasteiger partial charge in [0.05, 0.1) is 11.8 Å². The highest BCUT2D eigenvalue weighted by atomic mass is 19.1. The maximum atomic E-state index is 14.1. The van der Waals surface area contributed by atoms with Crippen molar-refractivity contribution in [3.8, 4) is 0 Å². The molecule has 0 saturated heterocycles. The molecular weight excluding hydrogens is 229 g/mol. The van der Waals surface area contributed by atoms with Gasteiger partial charge < -0.3 is 10.0 Å². The predicted octanol–water partition coefficient (Wildman–Crippen LogP) is 3.51. The Morgan fingerprint density at radius 1 is 1.44 bits per heavy atom. The van der Waals surface area contributed by atoms with Crippen LogP contribution in [0.3, 0.4) is 0 Å². The van der Waals surface area contributed by atoms with Crippen LogP contribution < -0.4 is 4.90 Å². The van der Waals surface area contributed by atoms with Gasteiger partial charge in [-0.05, 0) is 38.2 Å². The fraction of sp³-hybridized carbons (Fsp3) is 0.600. The second-order valence-electron chi connectivity index (χ2n) is 5.24. The quantitative estimate of drug-likeness (QED) is 0.836. The first-order chi connectivity index (χ1) is 8.63. The van der Waals surface area contributed by atoms with Crippen LogP contribution in [0.5, 0.6) is 0 Å². The first kappa shape index (κ1) is 13.3. The highest BCUT2D eigenvalue weighted by Crippen LogP contribution is 2.35. The third-order valence-corrected chi connectivity index (χ3v) is 3.45. The number of benzene rings is 1. The predicted molar refractivity (Wildman–Crippen MR) is 72.3 cm³/mol. The van der Waals surface area contributed by atoms with Crippen LogP contribution in [0.25, 0.3) is 0 Å². The molecule has 1 aromatic carbocycles. The number of halogens is 1.